The lowest BCUT2D eigenvalue weighted by Crippen LogP contribution is -2.44. The van der Waals surface area contributed by atoms with Gasteiger partial charge in [0.05, 0.1) is 43.8 Å². The second-order valence-electron chi connectivity index (χ2n) is 8.90. The van der Waals surface area contributed by atoms with Gasteiger partial charge in [-0.1, -0.05) is 0 Å². The van der Waals surface area contributed by atoms with Crippen LogP contribution in [0.2, 0.25) is 0 Å². The van der Waals surface area contributed by atoms with E-state index in [4.69, 9.17) is 18.4 Å². The molecule has 0 amide bonds. The maximum absolute atomic E-state index is 11.1. The first-order valence-corrected chi connectivity index (χ1v) is 12.7. The summed E-state index contributed by atoms with van der Waals surface area (Å²) in [6, 6.07) is 5.82. The van der Waals surface area contributed by atoms with Crippen LogP contribution in [-0.4, -0.2) is 66.2 Å². The van der Waals surface area contributed by atoms with Crippen LogP contribution in [0.25, 0.3) is 33.5 Å². The number of fused-ring (bicyclic) bond motifs is 1. The van der Waals surface area contributed by atoms with Crippen molar-refractivity contribution in [2.45, 2.75) is 39.1 Å². The van der Waals surface area contributed by atoms with E-state index < -0.39 is 11.3 Å². The molecule has 1 unspecified atom stereocenters. The number of oxazole rings is 1. The molecule has 190 valence electrons. The van der Waals surface area contributed by atoms with Crippen molar-refractivity contribution in [3.63, 3.8) is 0 Å². The lowest BCUT2D eigenvalue weighted by atomic mass is 10.0. The van der Waals surface area contributed by atoms with Crippen molar-refractivity contribution < 1.29 is 22.7 Å². The zero-order valence-corrected chi connectivity index (χ0v) is 21.0. The fourth-order valence-electron chi connectivity index (χ4n) is 4.64. The Labute approximate surface area is 210 Å². The molecule has 5 rings (SSSR count). The van der Waals surface area contributed by atoms with Gasteiger partial charge in [0.1, 0.15) is 5.76 Å². The molecule has 0 spiro atoms. The summed E-state index contributed by atoms with van der Waals surface area (Å²) in [6.45, 7) is 6.61. The monoisotopic (exact) mass is 512 g/mol. The van der Waals surface area contributed by atoms with Crippen LogP contribution in [0.4, 0.5) is 0 Å². The number of hydrogen-bond donors (Lipinski definition) is 3. The number of nitrogens with zero attached hydrogens (tertiary/aromatic N) is 4. The summed E-state index contributed by atoms with van der Waals surface area (Å²) in [5.41, 5.74) is 3.94. The van der Waals surface area contributed by atoms with Gasteiger partial charge in [-0.05, 0) is 37.6 Å². The summed E-state index contributed by atoms with van der Waals surface area (Å²) in [6.07, 6.45) is 5.57. The largest absolute Gasteiger partial charge is 0.481 e. The lowest BCUT2D eigenvalue weighted by molar-refractivity contribution is -0.0718. The zero-order chi connectivity index (χ0) is 25.2. The van der Waals surface area contributed by atoms with E-state index in [0.29, 0.717) is 23.9 Å². The third-order valence-electron chi connectivity index (χ3n) is 6.06. The minimum atomic E-state index is -2.15. The number of methoxy groups -OCH3 is 1. The molecule has 1 aromatic carbocycles. The molecule has 0 bridgehead atoms. The molecule has 1 aliphatic rings. The number of aromatic nitrogens is 4. The lowest BCUT2D eigenvalue weighted by Gasteiger charge is -2.34. The number of morpholine rings is 1. The second-order valence-corrected chi connectivity index (χ2v) is 9.69. The SMILES string of the molecule is COc1ncc(-c2cc(-c3ncc(CN4C[C@@H](C)O[C@@H](C)C4)o3)c3cn[nH]c3c2)cc1CNS(=O)O. The maximum Gasteiger partial charge on any atom is 0.232 e. The standard InChI is InChI=1S/C24H28N6O5S/c1-14-11-30(12-15(2)34-14)13-19-9-26-24(35-19)20-5-16(6-22-21(20)10-27-29-22)17-4-18(8-28-36(31)32)23(33-3)25-7-17/h4-7,9-10,14-15,28H,8,11-13H2,1-3H3,(H,27,29)(H,31,32)/t14-,15+. The van der Waals surface area contributed by atoms with E-state index in [0.717, 1.165) is 46.4 Å². The Morgan fingerprint density at radius 1 is 1.17 bits per heavy atom. The molecular formula is C24H28N6O5S. The average molecular weight is 513 g/mol. The van der Waals surface area contributed by atoms with Crippen LogP contribution in [0.5, 0.6) is 5.88 Å². The Morgan fingerprint density at radius 2 is 1.97 bits per heavy atom. The van der Waals surface area contributed by atoms with E-state index in [2.05, 4.69) is 43.6 Å². The molecule has 1 aliphatic heterocycles. The van der Waals surface area contributed by atoms with Gasteiger partial charge < -0.3 is 13.9 Å². The molecule has 4 aromatic rings. The number of pyridine rings is 1. The predicted octanol–water partition coefficient (Wildman–Crippen LogP) is 3.12. The fourth-order valence-corrected chi connectivity index (χ4v) is 4.92. The summed E-state index contributed by atoms with van der Waals surface area (Å²) in [4.78, 5) is 11.3. The van der Waals surface area contributed by atoms with Crippen molar-refractivity contribution in [2.24, 2.45) is 0 Å². The summed E-state index contributed by atoms with van der Waals surface area (Å²) < 4.78 is 40.0. The number of nitrogens with one attached hydrogen (secondary N) is 2. The van der Waals surface area contributed by atoms with Gasteiger partial charge in [-0.15, -0.1) is 0 Å². The number of aromatic amines is 1. The van der Waals surface area contributed by atoms with Crippen LogP contribution in [0.3, 0.4) is 0 Å². The Hall–Kier alpha value is -3.16. The first kappa shape index (κ1) is 24.5. The molecule has 12 heteroatoms. The van der Waals surface area contributed by atoms with Crippen molar-refractivity contribution in [1.82, 2.24) is 29.8 Å². The topological polar surface area (TPSA) is 139 Å². The average Bonchev–Trinajstić information content (AvgIpc) is 3.51. The van der Waals surface area contributed by atoms with Crippen LogP contribution in [0.1, 0.15) is 25.2 Å². The van der Waals surface area contributed by atoms with Gasteiger partial charge in [-0.2, -0.15) is 5.10 Å². The summed E-state index contributed by atoms with van der Waals surface area (Å²) >= 11 is -2.15. The highest BCUT2D eigenvalue weighted by atomic mass is 32.2. The second kappa shape index (κ2) is 10.4. The molecule has 3 N–H and O–H groups in total. The van der Waals surface area contributed by atoms with E-state index in [9.17, 15) is 4.21 Å². The van der Waals surface area contributed by atoms with Crippen molar-refractivity contribution in [2.75, 3.05) is 20.2 Å². The van der Waals surface area contributed by atoms with Crippen molar-refractivity contribution in [3.05, 3.63) is 48.1 Å². The van der Waals surface area contributed by atoms with Gasteiger partial charge in [0.15, 0.2) is 0 Å². The highest BCUT2D eigenvalue weighted by Crippen LogP contribution is 2.34. The van der Waals surface area contributed by atoms with Crippen molar-refractivity contribution in [1.29, 1.82) is 0 Å². The summed E-state index contributed by atoms with van der Waals surface area (Å²) in [5, 5.41) is 8.13. The van der Waals surface area contributed by atoms with Gasteiger partial charge >= 0.3 is 0 Å². The zero-order valence-electron chi connectivity index (χ0n) is 20.2. The normalized spacial score (nSPS) is 19.6. The molecular weight excluding hydrogens is 484 g/mol. The molecule has 3 atom stereocenters. The molecule has 4 heterocycles. The number of rotatable bonds is 8. The van der Waals surface area contributed by atoms with E-state index in [1.54, 1.807) is 18.6 Å². The molecule has 0 aliphatic carbocycles. The Morgan fingerprint density at radius 3 is 2.72 bits per heavy atom. The molecule has 1 saturated heterocycles. The minimum Gasteiger partial charge on any atom is -0.481 e. The van der Waals surface area contributed by atoms with Crippen LogP contribution >= 0.6 is 0 Å². The number of benzene rings is 1. The van der Waals surface area contributed by atoms with Crippen molar-refractivity contribution >= 4 is 22.2 Å². The molecule has 36 heavy (non-hydrogen) atoms. The Bertz CT molecular complexity index is 1380. The minimum absolute atomic E-state index is 0.119. The van der Waals surface area contributed by atoms with Gasteiger partial charge in [-0.25, -0.2) is 18.9 Å². The summed E-state index contributed by atoms with van der Waals surface area (Å²) in [7, 11) is 1.51. The molecule has 0 saturated carbocycles. The van der Waals surface area contributed by atoms with Gasteiger partial charge in [0.25, 0.3) is 0 Å². The van der Waals surface area contributed by atoms with E-state index in [1.165, 1.54) is 7.11 Å². The maximum atomic E-state index is 11.1. The van der Waals surface area contributed by atoms with Gasteiger partial charge in [0, 0.05) is 47.9 Å². The van der Waals surface area contributed by atoms with Crippen LogP contribution in [0, 0.1) is 0 Å². The molecule has 3 aromatic heterocycles. The summed E-state index contributed by atoms with van der Waals surface area (Å²) in [5.74, 6) is 1.67. The number of H-pyrrole nitrogens is 1. The first-order valence-electron chi connectivity index (χ1n) is 11.6. The highest BCUT2D eigenvalue weighted by Gasteiger charge is 2.23. The number of ether oxygens (including phenoxy) is 2. The first-order chi connectivity index (χ1) is 17.4. The quantitative estimate of drug-likeness (QED) is 0.304. The Balaban J connectivity index is 1.47. The van der Waals surface area contributed by atoms with Gasteiger partial charge in [0.2, 0.25) is 23.0 Å². The fraction of sp³-hybridized carbons (Fsp3) is 0.375. The molecule has 1 fully saturated rings. The van der Waals surface area contributed by atoms with Crippen LogP contribution in [0.15, 0.2) is 41.2 Å². The highest BCUT2D eigenvalue weighted by molar-refractivity contribution is 7.77. The van der Waals surface area contributed by atoms with E-state index in [1.807, 2.05) is 18.2 Å². The third-order valence-corrected chi connectivity index (χ3v) is 6.45. The van der Waals surface area contributed by atoms with E-state index >= 15 is 0 Å². The van der Waals surface area contributed by atoms with Crippen LogP contribution in [-0.2, 0) is 29.1 Å². The van der Waals surface area contributed by atoms with Gasteiger partial charge in [-0.3, -0.25) is 14.6 Å². The van der Waals surface area contributed by atoms with Crippen molar-refractivity contribution in [3.8, 4) is 28.5 Å². The molecule has 11 nitrogen and oxygen atoms in total. The van der Waals surface area contributed by atoms with Crippen LogP contribution < -0.4 is 9.46 Å². The Kier molecular flexibility index (Phi) is 7.12. The number of hydrogen-bond acceptors (Lipinski definition) is 8. The predicted molar refractivity (Wildman–Crippen MR) is 134 cm³/mol. The third kappa shape index (κ3) is 5.32. The van der Waals surface area contributed by atoms with E-state index in [-0.39, 0.29) is 18.8 Å². The molecule has 0 radical (unpaired) electrons. The smallest absolute Gasteiger partial charge is 0.232 e.